The Morgan fingerprint density at radius 1 is 1.15 bits per heavy atom. The van der Waals surface area contributed by atoms with Crippen molar-refractivity contribution in [2.24, 2.45) is 0 Å². The minimum Gasteiger partial charge on any atom is -0.378 e. The van der Waals surface area contributed by atoms with Crippen LogP contribution in [-0.2, 0) is 11.2 Å². The van der Waals surface area contributed by atoms with Gasteiger partial charge in [0, 0.05) is 11.9 Å². The molecule has 106 valence electrons. The van der Waals surface area contributed by atoms with Crippen molar-refractivity contribution in [1.29, 1.82) is 0 Å². The number of methoxy groups -OCH3 is 1. The lowest BCUT2D eigenvalue weighted by molar-refractivity contribution is -0.0770. The highest BCUT2D eigenvalue weighted by molar-refractivity contribution is 9.09. The first-order valence-corrected chi connectivity index (χ1v) is 8.29. The Hall–Kier alpha value is -0.860. The van der Waals surface area contributed by atoms with Gasteiger partial charge in [0.15, 0.2) is 0 Å². The Morgan fingerprint density at radius 2 is 1.90 bits per heavy atom. The Labute approximate surface area is 129 Å². The fourth-order valence-corrected chi connectivity index (χ4v) is 4.12. The second-order valence-electron chi connectivity index (χ2n) is 5.93. The van der Waals surface area contributed by atoms with E-state index >= 15 is 0 Å². The number of benzene rings is 2. The van der Waals surface area contributed by atoms with Crippen molar-refractivity contribution in [3.8, 4) is 0 Å². The summed E-state index contributed by atoms with van der Waals surface area (Å²) in [5.41, 5.74) is 1.54. The van der Waals surface area contributed by atoms with Crippen molar-refractivity contribution in [3.63, 3.8) is 0 Å². The zero-order chi connectivity index (χ0) is 14.0. The van der Waals surface area contributed by atoms with Gasteiger partial charge in [-0.05, 0) is 48.4 Å². The molecule has 1 fully saturated rings. The summed E-state index contributed by atoms with van der Waals surface area (Å²) in [5.74, 6) is 0. The third-order valence-electron chi connectivity index (χ3n) is 4.56. The van der Waals surface area contributed by atoms with Gasteiger partial charge in [-0.15, -0.1) is 0 Å². The summed E-state index contributed by atoms with van der Waals surface area (Å²) in [6, 6.07) is 15.3. The van der Waals surface area contributed by atoms with Crippen LogP contribution in [0.1, 0.15) is 31.2 Å². The molecule has 0 bridgehead atoms. The predicted molar refractivity (Wildman–Crippen MR) is 88.6 cm³/mol. The number of alkyl halides is 1. The van der Waals surface area contributed by atoms with E-state index in [4.69, 9.17) is 4.74 Å². The molecular weight excluding hydrogens is 312 g/mol. The second-order valence-corrected chi connectivity index (χ2v) is 7.22. The van der Waals surface area contributed by atoms with Crippen molar-refractivity contribution >= 4 is 26.7 Å². The normalized spacial score (nSPS) is 18.7. The minimum absolute atomic E-state index is 0.144. The summed E-state index contributed by atoms with van der Waals surface area (Å²) < 4.78 is 5.72. The molecule has 0 N–H and O–H groups in total. The zero-order valence-corrected chi connectivity index (χ0v) is 13.5. The van der Waals surface area contributed by atoms with E-state index in [1.54, 1.807) is 0 Å². The summed E-state index contributed by atoms with van der Waals surface area (Å²) in [6.07, 6.45) is 5.91. The average Bonchev–Trinajstić information content (AvgIpc) is 2.43. The number of rotatable bonds is 5. The van der Waals surface area contributed by atoms with Crippen LogP contribution in [0.4, 0.5) is 0 Å². The molecule has 0 radical (unpaired) electrons. The highest BCUT2D eigenvalue weighted by Gasteiger charge is 2.38. The van der Waals surface area contributed by atoms with Crippen LogP contribution in [0.15, 0.2) is 42.5 Å². The maximum absolute atomic E-state index is 5.72. The minimum atomic E-state index is 0.144. The Bertz CT molecular complexity index is 583. The fraction of sp³-hybridized carbons (Fsp3) is 0.444. The van der Waals surface area contributed by atoms with E-state index in [1.807, 2.05) is 7.11 Å². The first-order chi connectivity index (χ1) is 9.71. The third kappa shape index (κ3) is 2.91. The van der Waals surface area contributed by atoms with E-state index in [0.29, 0.717) is 4.83 Å². The van der Waals surface area contributed by atoms with Gasteiger partial charge < -0.3 is 4.74 Å². The van der Waals surface area contributed by atoms with Gasteiger partial charge in [0.05, 0.1) is 5.60 Å². The monoisotopic (exact) mass is 332 g/mol. The first kappa shape index (κ1) is 14.1. The van der Waals surface area contributed by atoms with E-state index in [-0.39, 0.29) is 5.60 Å². The molecule has 2 heteroatoms. The average molecular weight is 333 g/mol. The Balaban J connectivity index is 1.69. The standard InChI is InChI=1S/C18H21BrO/c1-20-18(9-4-10-18)13-17(19)12-14-7-8-15-5-2-3-6-16(15)11-14/h2-3,5-8,11,17H,4,9-10,12-13H2,1H3. The summed E-state index contributed by atoms with van der Waals surface area (Å²) >= 11 is 3.85. The number of ether oxygens (including phenoxy) is 1. The zero-order valence-electron chi connectivity index (χ0n) is 11.9. The Kier molecular flexibility index (Phi) is 4.13. The largest absolute Gasteiger partial charge is 0.378 e. The highest BCUT2D eigenvalue weighted by atomic mass is 79.9. The van der Waals surface area contributed by atoms with Gasteiger partial charge in [-0.2, -0.15) is 0 Å². The van der Waals surface area contributed by atoms with Crippen molar-refractivity contribution in [2.75, 3.05) is 7.11 Å². The highest BCUT2D eigenvalue weighted by Crippen LogP contribution is 2.40. The first-order valence-electron chi connectivity index (χ1n) is 7.38. The molecule has 1 aliphatic rings. The molecule has 2 aromatic rings. The molecule has 20 heavy (non-hydrogen) atoms. The quantitative estimate of drug-likeness (QED) is 0.691. The number of hydrogen-bond acceptors (Lipinski definition) is 1. The van der Waals surface area contributed by atoms with Crippen LogP contribution in [0.3, 0.4) is 0 Å². The van der Waals surface area contributed by atoms with Gasteiger partial charge in [0.2, 0.25) is 0 Å². The Morgan fingerprint density at radius 3 is 2.55 bits per heavy atom. The molecule has 1 unspecified atom stereocenters. The lowest BCUT2D eigenvalue weighted by Gasteiger charge is -2.42. The molecule has 1 atom stereocenters. The smallest absolute Gasteiger partial charge is 0.0689 e. The van der Waals surface area contributed by atoms with E-state index in [1.165, 1.54) is 35.6 Å². The van der Waals surface area contributed by atoms with Crippen LogP contribution < -0.4 is 0 Å². The van der Waals surface area contributed by atoms with Crippen molar-refractivity contribution in [3.05, 3.63) is 48.0 Å². The summed E-state index contributed by atoms with van der Waals surface area (Å²) in [4.78, 5) is 0.490. The van der Waals surface area contributed by atoms with Gasteiger partial charge in [0.1, 0.15) is 0 Å². The molecule has 0 aliphatic heterocycles. The molecular formula is C18H21BrO. The molecule has 1 nitrogen and oxygen atoms in total. The van der Waals surface area contributed by atoms with Gasteiger partial charge in [-0.1, -0.05) is 58.4 Å². The lowest BCUT2D eigenvalue weighted by Crippen LogP contribution is -2.41. The SMILES string of the molecule is COC1(CC(Br)Cc2ccc3ccccc3c2)CCC1. The van der Waals surface area contributed by atoms with Crippen LogP contribution in [0, 0.1) is 0 Å². The summed E-state index contributed by atoms with van der Waals surface area (Å²) in [5, 5.41) is 2.64. The van der Waals surface area contributed by atoms with Gasteiger partial charge >= 0.3 is 0 Å². The maximum atomic E-state index is 5.72. The fourth-order valence-electron chi connectivity index (χ4n) is 3.16. The number of fused-ring (bicyclic) bond motifs is 1. The predicted octanol–water partition coefficient (Wildman–Crippen LogP) is 5.11. The third-order valence-corrected chi connectivity index (χ3v) is 5.21. The molecule has 0 spiro atoms. The van der Waals surface area contributed by atoms with E-state index in [2.05, 4.69) is 58.4 Å². The van der Waals surface area contributed by atoms with Crippen LogP contribution in [0.5, 0.6) is 0 Å². The van der Waals surface area contributed by atoms with Crippen molar-refractivity contribution in [2.45, 2.75) is 42.5 Å². The maximum Gasteiger partial charge on any atom is 0.0689 e. The van der Waals surface area contributed by atoms with Gasteiger partial charge in [-0.25, -0.2) is 0 Å². The molecule has 0 saturated heterocycles. The molecule has 1 aliphatic carbocycles. The van der Waals surface area contributed by atoms with Crippen LogP contribution in [0.25, 0.3) is 10.8 Å². The van der Waals surface area contributed by atoms with Gasteiger partial charge in [0.25, 0.3) is 0 Å². The summed E-state index contributed by atoms with van der Waals surface area (Å²) in [7, 11) is 1.86. The molecule has 0 amide bonds. The topological polar surface area (TPSA) is 9.23 Å². The number of halogens is 1. The van der Waals surface area contributed by atoms with Crippen LogP contribution in [-0.4, -0.2) is 17.5 Å². The molecule has 0 aromatic heterocycles. The molecule has 2 aromatic carbocycles. The van der Waals surface area contributed by atoms with Crippen LogP contribution in [0.2, 0.25) is 0 Å². The van der Waals surface area contributed by atoms with Gasteiger partial charge in [-0.3, -0.25) is 0 Å². The van der Waals surface area contributed by atoms with E-state index < -0.39 is 0 Å². The lowest BCUT2D eigenvalue weighted by atomic mass is 9.76. The van der Waals surface area contributed by atoms with Crippen LogP contribution >= 0.6 is 15.9 Å². The van der Waals surface area contributed by atoms with Crippen molar-refractivity contribution < 1.29 is 4.74 Å². The molecule has 0 heterocycles. The molecule has 3 rings (SSSR count). The van der Waals surface area contributed by atoms with Crippen molar-refractivity contribution in [1.82, 2.24) is 0 Å². The van der Waals surface area contributed by atoms with E-state index in [0.717, 1.165) is 12.8 Å². The second kappa shape index (κ2) is 5.87. The van der Waals surface area contributed by atoms with E-state index in [9.17, 15) is 0 Å². The summed E-state index contributed by atoms with van der Waals surface area (Å²) in [6.45, 7) is 0. The molecule has 1 saturated carbocycles. The number of hydrogen-bond donors (Lipinski definition) is 0.